The molecule has 0 saturated carbocycles. The fourth-order valence-electron chi connectivity index (χ4n) is 3.10. The second-order valence-corrected chi connectivity index (χ2v) is 7.53. The number of hydrogen-bond donors (Lipinski definition) is 1. The molecule has 0 spiro atoms. The molecule has 0 aliphatic rings. The summed E-state index contributed by atoms with van der Waals surface area (Å²) in [5, 5.41) is 8.55. The maximum absolute atomic E-state index is 11.1. The van der Waals surface area contributed by atoms with Crippen LogP contribution in [0.3, 0.4) is 0 Å². The molecule has 0 heterocycles. The zero-order chi connectivity index (χ0) is 23.8. The van der Waals surface area contributed by atoms with Gasteiger partial charge in [-0.15, -0.1) is 0 Å². The quantitative estimate of drug-likeness (QED) is 0.377. The molecule has 3 heteroatoms. The number of nitrogens with zero attached hydrogens (tertiary/aromatic N) is 1. The number of ketones is 1. The molecule has 2 N–H and O–H groups in total. The lowest BCUT2D eigenvalue weighted by Gasteiger charge is -2.05. The first-order chi connectivity index (χ1) is 15.4. The SMILES string of the molecule is C#CN.CC(=O)Cc1cccc(-c2cccc(C)c2)c1.CCCCc1ccc(C#N)cc1. The molecular formula is C29H32N2O. The van der Waals surface area contributed by atoms with Crippen LogP contribution in [0.2, 0.25) is 0 Å². The van der Waals surface area contributed by atoms with Crippen molar-refractivity contribution in [3.8, 4) is 29.7 Å². The van der Waals surface area contributed by atoms with Crippen LogP contribution < -0.4 is 5.73 Å². The Bertz CT molecular complexity index is 1050. The van der Waals surface area contributed by atoms with E-state index in [1.807, 2.05) is 36.4 Å². The van der Waals surface area contributed by atoms with Crippen molar-refractivity contribution < 1.29 is 4.79 Å². The van der Waals surface area contributed by atoms with Crippen LogP contribution in [0.4, 0.5) is 0 Å². The predicted octanol–water partition coefficient (Wildman–Crippen LogP) is 6.23. The Morgan fingerprint density at radius 3 is 2.09 bits per heavy atom. The fraction of sp³-hybridized carbons (Fsp3) is 0.241. The fourth-order valence-corrected chi connectivity index (χ4v) is 3.10. The first kappa shape index (κ1) is 26.2. The smallest absolute Gasteiger partial charge is 0.134 e. The molecule has 0 bridgehead atoms. The van der Waals surface area contributed by atoms with Crippen LogP contribution in [-0.4, -0.2) is 5.78 Å². The van der Waals surface area contributed by atoms with Crippen LogP contribution in [0.15, 0.2) is 72.8 Å². The summed E-state index contributed by atoms with van der Waals surface area (Å²) in [6, 6.07) is 28.3. The maximum Gasteiger partial charge on any atom is 0.134 e. The van der Waals surface area contributed by atoms with Gasteiger partial charge in [-0.2, -0.15) is 5.26 Å². The molecule has 3 aromatic rings. The number of hydrogen-bond acceptors (Lipinski definition) is 3. The van der Waals surface area contributed by atoms with E-state index in [1.54, 1.807) is 13.0 Å². The molecule has 0 unspecified atom stereocenters. The number of terminal acetylenes is 1. The Balaban J connectivity index is 0.000000299. The number of nitriles is 1. The van der Waals surface area contributed by atoms with Gasteiger partial charge in [-0.1, -0.05) is 86.0 Å². The summed E-state index contributed by atoms with van der Waals surface area (Å²) in [5.41, 5.74) is 11.2. The van der Waals surface area contributed by atoms with Crippen molar-refractivity contribution in [2.24, 2.45) is 5.73 Å². The Kier molecular flexibility index (Phi) is 12.3. The van der Waals surface area contributed by atoms with Crippen molar-refractivity contribution in [2.75, 3.05) is 0 Å². The van der Waals surface area contributed by atoms with Crippen LogP contribution in [0.1, 0.15) is 48.9 Å². The third-order valence-corrected chi connectivity index (χ3v) is 4.63. The summed E-state index contributed by atoms with van der Waals surface area (Å²) in [5.74, 6) is 0.200. The molecule has 0 atom stereocenters. The Hall–Kier alpha value is -3.82. The van der Waals surface area contributed by atoms with E-state index in [-0.39, 0.29) is 5.78 Å². The molecule has 164 valence electrons. The summed E-state index contributed by atoms with van der Waals surface area (Å²) in [7, 11) is 0. The zero-order valence-electron chi connectivity index (χ0n) is 19.3. The van der Waals surface area contributed by atoms with Crippen molar-refractivity contribution >= 4 is 5.78 Å². The summed E-state index contributed by atoms with van der Waals surface area (Å²) in [4.78, 5) is 11.1. The number of unbranched alkanes of at least 4 members (excludes halogenated alkanes) is 1. The van der Waals surface area contributed by atoms with Crippen LogP contribution in [-0.2, 0) is 17.6 Å². The number of nitrogens with two attached hydrogens (primary N) is 1. The van der Waals surface area contributed by atoms with E-state index in [1.165, 1.54) is 35.1 Å². The number of carbonyl (C=O) groups excluding carboxylic acids is 1. The van der Waals surface area contributed by atoms with Crippen molar-refractivity contribution in [1.29, 1.82) is 5.26 Å². The first-order valence-electron chi connectivity index (χ1n) is 10.7. The minimum Gasteiger partial charge on any atom is -0.360 e. The summed E-state index contributed by atoms with van der Waals surface area (Å²) >= 11 is 0. The van der Waals surface area contributed by atoms with E-state index in [9.17, 15) is 4.79 Å². The minimum absolute atomic E-state index is 0.200. The number of rotatable bonds is 6. The molecule has 0 amide bonds. The highest BCUT2D eigenvalue weighted by Gasteiger charge is 2.01. The van der Waals surface area contributed by atoms with Gasteiger partial charge >= 0.3 is 0 Å². The number of aryl methyl sites for hydroxylation is 2. The summed E-state index contributed by atoms with van der Waals surface area (Å²) in [6.45, 7) is 5.89. The number of carbonyl (C=O) groups is 1. The highest BCUT2D eigenvalue weighted by molar-refractivity contribution is 5.79. The molecule has 3 aromatic carbocycles. The third kappa shape index (κ3) is 10.3. The molecule has 32 heavy (non-hydrogen) atoms. The van der Waals surface area contributed by atoms with Crippen molar-refractivity contribution in [3.63, 3.8) is 0 Å². The first-order valence-corrected chi connectivity index (χ1v) is 10.7. The normalized spacial score (nSPS) is 9.16. The maximum atomic E-state index is 11.1. The van der Waals surface area contributed by atoms with Gasteiger partial charge in [-0.05, 0) is 67.1 Å². The number of benzene rings is 3. The molecule has 0 aliphatic heterocycles. The van der Waals surface area contributed by atoms with Crippen LogP contribution in [0.25, 0.3) is 11.1 Å². The van der Waals surface area contributed by atoms with Crippen molar-refractivity contribution in [2.45, 2.75) is 46.5 Å². The lowest BCUT2D eigenvalue weighted by atomic mass is 10.00. The molecule has 0 radical (unpaired) electrons. The lowest BCUT2D eigenvalue weighted by Crippen LogP contribution is -1.96. The average molecular weight is 425 g/mol. The van der Waals surface area contributed by atoms with Crippen LogP contribution in [0, 0.1) is 30.7 Å². The van der Waals surface area contributed by atoms with Gasteiger partial charge in [0.15, 0.2) is 0 Å². The molecule has 3 rings (SSSR count). The van der Waals surface area contributed by atoms with E-state index in [0.717, 1.165) is 17.5 Å². The van der Waals surface area contributed by atoms with Gasteiger partial charge in [0, 0.05) is 6.42 Å². The average Bonchev–Trinajstić information content (AvgIpc) is 2.79. The predicted molar refractivity (Wildman–Crippen MR) is 134 cm³/mol. The highest BCUT2D eigenvalue weighted by Crippen LogP contribution is 2.21. The third-order valence-electron chi connectivity index (χ3n) is 4.63. The van der Waals surface area contributed by atoms with Crippen molar-refractivity contribution in [1.82, 2.24) is 0 Å². The van der Waals surface area contributed by atoms with E-state index in [2.05, 4.69) is 68.5 Å². The molecule has 3 nitrogen and oxygen atoms in total. The minimum atomic E-state index is 0.200. The summed E-state index contributed by atoms with van der Waals surface area (Å²) in [6.07, 6.45) is 8.47. The van der Waals surface area contributed by atoms with Crippen LogP contribution >= 0.6 is 0 Å². The van der Waals surface area contributed by atoms with Gasteiger partial charge < -0.3 is 5.73 Å². The van der Waals surface area contributed by atoms with Gasteiger partial charge in [-0.25, -0.2) is 0 Å². The van der Waals surface area contributed by atoms with E-state index in [0.29, 0.717) is 6.42 Å². The second-order valence-electron chi connectivity index (χ2n) is 7.53. The van der Waals surface area contributed by atoms with Crippen LogP contribution in [0.5, 0.6) is 0 Å². The monoisotopic (exact) mass is 424 g/mol. The molecular weight excluding hydrogens is 392 g/mol. The molecule has 0 saturated heterocycles. The largest absolute Gasteiger partial charge is 0.360 e. The van der Waals surface area contributed by atoms with Crippen molar-refractivity contribution in [3.05, 3.63) is 95.1 Å². The lowest BCUT2D eigenvalue weighted by molar-refractivity contribution is -0.116. The van der Waals surface area contributed by atoms with Gasteiger partial charge in [0.05, 0.1) is 11.6 Å². The standard InChI is InChI=1S/C16H16O.C11H13N.C2H3N/c1-12-5-3-7-15(9-12)16-8-4-6-14(11-16)10-13(2)17;1-2-3-4-10-5-7-11(9-12)8-6-10;1-2-3/h3-9,11H,10H2,1-2H3;5-8H,2-4H2,1H3;1H,3H2. The van der Waals surface area contributed by atoms with Gasteiger partial charge in [0.1, 0.15) is 5.78 Å². The Labute approximate surface area is 192 Å². The Morgan fingerprint density at radius 2 is 1.56 bits per heavy atom. The Morgan fingerprint density at radius 1 is 0.969 bits per heavy atom. The van der Waals surface area contributed by atoms with Gasteiger partial charge in [-0.3, -0.25) is 4.79 Å². The van der Waals surface area contributed by atoms with E-state index in [4.69, 9.17) is 5.26 Å². The van der Waals surface area contributed by atoms with Gasteiger partial charge in [0.25, 0.3) is 0 Å². The summed E-state index contributed by atoms with van der Waals surface area (Å²) < 4.78 is 0. The van der Waals surface area contributed by atoms with E-state index >= 15 is 0 Å². The number of Topliss-reactive ketones (excluding diaryl/α,β-unsaturated/α-hetero) is 1. The molecule has 0 fully saturated rings. The highest BCUT2D eigenvalue weighted by atomic mass is 16.1. The van der Waals surface area contributed by atoms with E-state index < -0.39 is 0 Å². The topological polar surface area (TPSA) is 66.9 Å². The molecule has 0 aliphatic carbocycles. The molecule has 0 aromatic heterocycles. The second kappa shape index (κ2) is 15.1. The zero-order valence-corrected chi connectivity index (χ0v) is 19.3. The van der Waals surface area contributed by atoms with Gasteiger partial charge in [0.2, 0.25) is 0 Å².